The van der Waals surface area contributed by atoms with Crippen molar-refractivity contribution in [2.24, 2.45) is 4.99 Å². The number of nitrogens with zero attached hydrogens (tertiary/aromatic N) is 2. The van der Waals surface area contributed by atoms with Gasteiger partial charge in [-0.1, -0.05) is 23.7 Å². The maximum atomic E-state index is 5.87. The number of aliphatic imine (C=N–C) groups is 1. The Kier molecular flexibility index (Phi) is 5.59. The van der Waals surface area contributed by atoms with Crippen LogP contribution in [0.25, 0.3) is 0 Å². The lowest BCUT2D eigenvalue weighted by molar-refractivity contribution is 0.803. The summed E-state index contributed by atoms with van der Waals surface area (Å²) in [4.78, 5) is 9.97. The topological polar surface area (TPSA) is 49.3 Å². The molecule has 1 heterocycles. The first kappa shape index (κ1) is 15.8. The molecule has 6 heteroatoms. The van der Waals surface area contributed by atoms with Crippen LogP contribution in [0.15, 0.2) is 29.3 Å². The minimum atomic E-state index is 0.680. The number of benzene rings is 1. The number of thiazole rings is 1. The monoisotopic (exact) mass is 322 g/mol. The molecule has 0 atom stereocenters. The third-order valence-electron chi connectivity index (χ3n) is 3.08. The summed E-state index contributed by atoms with van der Waals surface area (Å²) in [6.45, 7) is 5.50. The van der Waals surface area contributed by atoms with Crippen molar-refractivity contribution in [2.45, 2.75) is 26.9 Å². The van der Waals surface area contributed by atoms with Crippen molar-refractivity contribution in [3.05, 3.63) is 50.4 Å². The highest BCUT2D eigenvalue weighted by atomic mass is 35.5. The van der Waals surface area contributed by atoms with Crippen molar-refractivity contribution in [1.82, 2.24) is 15.6 Å². The molecule has 1 aromatic carbocycles. The van der Waals surface area contributed by atoms with Gasteiger partial charge in [-0.05, 0) is 31.5 Å². The predicted molar refractivity (Wildman–Crippen MR) is 90.1 cm³/mol. The van der Waals surface area contributed by atoms with E-state index in [9.17, 15) is 0 Å². The van der Waals surface area contributed by atoms with E-state index in [4.69, 9.17) is 11.6 Å². The van der Waals surface area contributed by atoms with Crippen molar-refractivity contribution in [1.29, 1.82) is 0 Å². The van der Waals surface area contributed by atoms with Crippen LogP contribution in [-0.2, 0) is 13.1 Å². The second-order valence-electron chi connectivity index (χ2n) is 4.65. The standard InChI is InChI=1S/C15H19ClN4S/c1-10-11(2)21-14(20-10)9-19-15(17-3)18-8-12-4-6-13(16)7-5-12/h4-7H,8-9H2,1-3H3,(H2,17,18,19). The van der Waals surface area contributed by atoms with Crippen LogP contribution in [0.3, 0.4) is 0 Å². The molecule has 0 radical (unpaired) electrons. The maximum absolute atomic E-state index is 5.87. The Hall–Kier alpha value is -1.59. The summed E-state index contributed by atoms with van der Waals surface area (Å²) in [7, 11) is 1.76. The third-order valence-corrected chi connectivity index (χ3v) is 4.40. The van der Waals surface area contributed by atoms with Crippen LogP contribution in [-0.4, -0.2) is 18.0 Å². The van der Waals surface area contributed by atoms with Crippen LogP contribution >= 0.6 is 22.9 Å². The average molecular weight is 323 g/mol. The van der Waals surface area contributed by atoms with Crippen molar-refractivity contribution in [3.63, 3.8) is 0 Å². The van der Waals surface area contributed by atoms with Crippen LogP contribution in [0.2, 0.25) is 5.02 Å². The molecule has 0 aliphatic carbocycles. The molecule has 4 nitrogen and oxygen atoms in total. The van der Waals surface area contributed by atoms with Gasteiger partial charge in [0.1, 0.15) is 5.01 Å². The molecule has 1 aromatic heterocycles. The van der Waals surface area contributed by atoms with Gasteiger partial charge in [-0.25, -0.2) is 4.98 Å². The van der Waals surface area contributed by atoms with Gasteiger partial charge in [0.05, 0.1) is 12.2 Å². The van der Waals surface area contributed by atoms with E-state index in [2.05, 4.69) is 27.5 Å². The molecular formula is C15H19ClN4S. The minimum Gasteiger partial charge on any atom is -0.352 e. The lowest BCUT2D eigenvalue weighted by atomic mass is 10.2. The SMILES string of the molecule is CN=C(NCc1ccc(Cl)cc1)NCc1nc(C)c(C)s1. The van der Waals surface area contributed by atoms with E-state index in [0.717, 1.165) is 27.2 Å². The fourth-order valence-corrected chi connectivity index (χ4v) is 2.78. The predicted octanol–water partition coefficient (Wildman–Crippen LogP) is 3.28. The first-order valence-corrected chi connectivity index (χ1v) is 7.90. The molecule has 0 amide bonds. The molecule has 0 aliphatic rings. The third kappa shape index (κ3) is 4.72. The Balaban J connectivity index is 1.84. The zero-order chi connectivity index (χ0) is 15.2. The fourth-order valence-electron chi connectivity index (χ4n) is 1.78. The Labute approximate surface area is 134 Å². The van der Waals surface area contributed by atoms with E-state index >= 15 is 0 Å². The lowest BCUT2D eigenvalue weighted by Gasteiger charge is -2.11. The van der Waals surface area contributed by atoms with Gasteiger partial charge < -0.3 is 10.6 Å². The first-order chi connectivity index (χ1) is 10.1. The van der Waals surface area contributed by atoms with Crippen LogP contribution in [0.4, 0.5) is 0 Å². The Morgan fingerprint density at radius 1 is 1.19 bits per heavy atom. The van der Waals surface area contributed by atoms with E-state index < -0.39 is 0 Å². The molecule has 112 valence electrons. The van der Waals surface area contributed by atoms with Gasteiger partial charge in [0.2, 0.25) is 0 Å². The smallest absolute Gasteiger partial charge is 0.191 e. The van der Waals surface area contributed by atoms with Crippen molar-refractivity contribution >= 4 is 28.9 Å². The number of aromatic nitrogens is 1. The molecule has 0 unspecified atom stereocenters. The largest absolute Gasteiger partial charge is 0.352 e. The van der Waals surface area contributed by atoms with Gasteiger partial charge in [0, 0.05) is 23.5 Å². The van der Waals surface area contributed by atoms with Crippen LogP contribution in [0, 0.1) is 13.8 Å². The molecule has 0 saturated heterocycles. The number of rotatable bonds is 4. The van der Waals surface area contributed by atoms with E-state index in [1.165, 1.54) is 4.88 Å². The normalized spacial score (nSPS) is 11.5. The summed E-state index contributed by atoms with van der Waals surface area (Å²) in [6.07, 6.45) is 0. The maximum Gasteiger partial charge on any atom is 0.191 e. The molecule has 0 saturated carbocycles. The van der Waals surface area contributed by atoms with Crippen molar-refractivity contribution < 1.29 is 0 Å². The second-order valence-corrected chi connectivity index (χ2v) is 6.38. The summed E-state index contributed by atoms with van der Waals surface area (Å²) in [5.74, 6) is 0.760. The Morgan fingerprint density at radius 3 is 2.43 bits per heavy atom. The van der Waals surface area contributed by atoms with Gasteiger partial charge >= 0.3 is 0 Å². The van der Waals surface area contributed by atoms with Gasteiger partial charge in [-0.2, -0.15) is 0 Å². The fraction of sp³-hybridized carbons (Fsp3) is 0.333. The van der Waals surface area contributed by atoms with Gasteiger partial charge in [-0.15, -0.1) is 11.3 Å². The summed E-state index contributed by atoms with van der Waals surface area (Å²) < 4.78 is 0. The van der Waals surface area contributed by atoms with Crippen molar-refractivity contribution in [2.75, 3.05) is 7.05 Å². The highest BCUT2D eigenvalue weighted by Gasteiger charge is 2.04. The molecule has 0 bridgehead atoms. The zero-order valence-corrected chi connectivity index (χ0v) is 14.0. The number of halogens is 1. The lowest BCUT2D eigenvalue weighted by Crippen LogP contribution is -2.36. The summed E-state index contributed by atoms with van der Waals surface area (Å²) in [6, 6.07) is 7.76. The first-order valence-electron chi connectivity index (χ1n) is 6.70. The molecule has 21 heavy (non-hydrogen) atoms. The quantitative estimate of drug-likeness (QED) is 0.671. The molecule has 2 rings (SSSR count). The molecule has 2 aromatic rings. The molecular weight excluding hydrogens is 304 g/mol. The molecule has 0 fully saturated rings. The van der Waals surface area contributed by atoms with Crippen LogP contribution < -0.4 is 10.6 Å². The van der Waals surface area contributed by atoms with E-state index in [1.54, 1.807) is 18.4 Å². The summed E-state index contributed by atoms with van der Waals surface area (Å²) in [5, 5.41) is 8.35. The number of hydrogen-bond donors (Lipinski definition) is 2. The molecule has 0 aliphatic heterocycles. The van der Waals surface area contributed by atoms with Gasteiger partial charge in [-0.3, -0.25) is 4.99 Å². The molecule has 0 spiro atoms. The van der Waals surface area contributed by atoms with E-state index in [0.29, 0.717) is 13.1 Å². The van der Waals surface area contributed by atoms with Crippen molar-refractivity contribution in [3.8, 4) is 0 Å². The number of hydrogen-bond acceptors (Lipinski definition) is 3. The Bertz CT molecular complexity index is 600. The average Bonchev–Trinajstić information content (AvgIpc) is 2.80. The zero-order valence-electron chi connectivity index (χ0n) is 12.4. The molecule has 2 N–H and O–H groups in total. The number of aryl methyl sites for hydroxylation is 2. The van der Waals surface area contributed by atoms with E-state index in [-0.39, 0.29) is 0 Å². The Morgan fingerprint density at radius 2 is 1.86 bits per heavy atom. The highest BCUT2D eigenvalue weighted by Crippen LogP contribution is 2.15. The van der Waals surface area contributed by atoms with E-state index in [1.807, 2.05) is 31.2 Å². The van der Waals surface area contributed by atoms with Gasteiger partial charge in [0.25, 0.3) is 0 Å². The second kappa shape index (κ2) is 7.43. The van der Waals surface area contributed by atoms with Crippen LogP contribution in [0.5, 0.6) is 0 Å². The minimum absolute atomic E-state index is 0.680. The summed E-state index contributed by atoms with van der Waals surface area (Å²) >= 11 is 7.58. The number of guanidine groups is 1. The number of nitrogens with one attached hydrogen (secondary N) is 2. The summed E-state index contributed by atoms with van der Waals surface area (Å²) in [5.41, 5.74) is 2.25. The van der Waals surface area contributed by atoms with Crippen LogP contribution in [0.1, 0.15) is 21.1 Å². The highest BCUT2D eigenvalue weighted by molar-refractivity contribution is 7.11. The van der Waals surface area contributed by atoms with Gasteiger partial charge in [0.15, 0.2) is 5.96 Å².